The summed E-state index contributed by atoms with van der Waals surface area (Å²) in [5.74, 6) is 0.710. The standard InChI is InChI=1S/C16H21N5OS/c1-10-17-8-7-12(19-10)9-18-16(22)21(3)14-6-4-5-13-15(14)23-11(2)20-13/h7-8,14H,4-6,9H2,1-3H3,(H,18,22)/t14-/m1/s1. The van der Waals surface area contributed by atoms with Crippen LogP contribution in [0.5, 0.6) is 0 Å². The molecule has 1 N–H and O–H groups in total. The van der Waals surface area contributed by atoms with E-state index in [1.165, 1.54) is 4.88 Å². The summed E-state index contributed by atoms with van der Waals surface area (Å²) in [5.41, 5.74) is 1.98. The van der Waals surface area contributed by atoms with Gasteiger partial charge in [0.2, 0.25) is 0 Å². The molecule has 6 nitrogen and oxygen atoms in total. The first-order valence-corrected chi connectivity index (χ1v) is 8.61. The van der Waals surface area contributed by atoms with Crippen LogP contribution in [-0.2, 0) is 13.0 Å². The van der Waals surface area contributed by atoms with E-state index in [0.29, 0.717) is 12.4 Å². The highest BCUT2D eigenvalue weighted by atomic mass is 32.1. The number of nitrogens with zero attached hydrogens (tertiary/aromatic N) is 4. The largest absolute Gasteiger partial charge is 0.332 e. The first-order chi connectivity index (χ1) is 11.0. The summed E-state index contributed by atoms with van der Waals surface area (Å²) < 4.78 is 0. The number of carbonyl (C=O) groups excluding carboxylic acids is 1. The van der Waals surface area contributed by atoms with E-state index >= 15 is 0 Å². The Morgan fingerprint density at radius 3 is 3.04 bits per heavy atom. The molecule has 0 unspecified atom stereocenters. The molecule has 1 atom stereocenters. The van der Waals surface area contributed by atoms with E-state index in [0.717, 1.165) is 35.7 Å². The second-order valence-corrected chi connectivity index (χ2v) is 7.05. The maximum absolute atomic E-state index is 12.5. The topological polar surface area (TPSA) is 71.0 Å². The van der Waals surface area contributed by atoms with Crippen LogP contribution in [0.1, 0.15) is 46.0 Å². The first kappa shape index (κ1) is 15.9. The average molecular weight is 331 g/mol. The van der Waals surface area contributed by atoms with Crippen molar-refractivity contribution in [3.05, 3.63) is 39.4 Å². The molecule has 2 amide bonds. The fourth-order valence-electron chi connectivity index (χ4n) is 2.92. The van der Waals surface area contributed by atoms with Crippen molar-refractivity contribution in [3.63, 3.8) is 0 Å². The number of thiazole rings is 1. The van der Waals surface area contributed by atoms with Gasteiger partial charge in [0.05, 0.1) is 33.9 Å². The van der Waals surface area contributed by atoms with Crippen LogP contribution in [0.4, 0.5) is 4.79 Å². The van der Waals surface area contributed by atoms with Crippen molar-refractivity contribution >= 4 is 17.4 Å². The third-order valence-corrected chi connectivity index (χ3v) is 5.18. The lowest BCUT2D eigenvalue weighted by Gasteiger charge is -2.30. The van der Waals surface area contributed by atoms with Gasteiger partial charge in [-0.05, 0) is 39.2 Å². The predicted molar refractivity (Wildman–Crippen MR) is 89.3 cm³/mol. The Bertz CT molecular complexity index is 714. The number of aromatic nitrogens is 3. The van der Waals surface area contributed by atoms with Crippen LogP contribution in [0.2, 0.25) is 0 Å². The molecule has 0 fully saturated rings. The van der Waals surface area contributed by atoms with Gasteiger partial charge in [0.1, 0.15) is 5.82 Å². The zero-order valence-electron chi connectivity index (χ0n) is 13.7. The van der Waals surface area contributed by atoms with Crippen LogP contribution in [0, 0.1) is 13.8 Å². The monoisotopic (exact) mass is 331 g/mol. The zero-order chi connectivity index (χ0) is 16.4. The SMILES string of the molecule is Cc1nccc(CNC(=O)N(C)[C@@H]2CCCc3nc(C)sc32)n1. The van der Waals surface area contributed by atoms with Crippen molar-refractivity contribution in [2.45, 2.75) is 45.7 Å². The van der Waals surface area contributed by atoms with Gasteiger partial charge in [-0.15, -0.1) is 11.3 Å². The molecule has 2 heterocycles. The molecular formula is C16H21N5OS. The Morgan fingerprint density at radius 2 is 2.26 bits per heavy atom. The van der Waals surface area contributed by atoms with E-state index in [1.807, 2.05) is 27.0 Å². The number of rotatable bonds is 3. The van der Waals surface area contributed by atoms with Gasteiger partial charge in [0.25, 0.3) is 0 Å². The summed E-state index contributed by atoms with van der Waals surface area (Å²) in [7, 11) is 1.86. The molecule has 2 aromatic rings. The molecule has 2 aromatic heterocycles. The average Bonchev–Trinajstić information content (AvgIpc) is 2.92. The normalized spacial score (nSPS) is 16.7. The van der Waals surface area contributed by atoms with Crippen LogP contribution < -0.4 is 5.32 Å². The molecular weight excluding hydrogens is 310 g/mol. The molecule has 0 saturated carbocycles. The van der Waals surface area contributed by atoms with Gasteiger partial charge >= 0.3 is 6.03 Å². The fraction of sp³-hybridized carbons (Fsp3) is 0.500. The smallest absolute Gasteiger partial charge is 0.318 e. The third-order valence-electron chi connectivity index (χ3n) is 4.07. The Balaban J connectivity index is 1.66. The van der Waals surface area contributed by atoms with Gasteiger partial charge in [-0.2, -0.15) is 0 Å². The quantitative estimate of drug-likeness (QED) is 0.939. The maximum Gasteiger partial charge on any atom is 0.318 e. The summed E-state index contributed by atoms with van der Waals surface area (Å²) in [6.45, 7) is 4.28. The fourth-order valence-corrected chi connectivity index (χ4v) is 4.08. The maximum atomic E-state index is 12.5. The molecule has 0 saturated heterocycles. The van der Waals surface area contributed by atoms with E-state index < -0.39 is 0 Å². The highest BCUT2D eigenvalue weighted by molar-refractivity contribution is 7.11. The first-order valence-electron chi connectivity index (χ1n) is 7.80. The van der Waals surface area contributed by atoms with Crippen LogP contribution in [0.3, 0.4) is 0 Å². The second kappa shape index (κ2) is 6.62. The molecule has 0 spiro atoms. The summed E-state index contributed by atoms with van der Waals surface area (Å²) in [6.07, 6.45) is 4.79. The van der Waals surface area contributed by atoms with Gasteiger partial charge in [0.15, 0.2) is 0 Å². The number of carbonyl (C=O) groups is 1. The lowest BCUT2D eigenvalue weighted by Crippen LogP contribution is -2.40. The minimum Gasteiger partial charge on any atom is -0.332 e. The van der Waals surface area contributed by atoms with Gasteiger partial charge in [0, 0.05) is 13.2 Å². The number of aryl methyl sites for hydroxylation is 3. The minimum atomic E-state index is -0.0785. The summed E-state index contributed by atoms with van der Waals surface area (Å²) in [4.78, 5) is 28.5. The zero-order valence-corrected chi connectivity index (χ0v) is 14.5. The van der Waals surface area contributed by atoms with E-state index in [2.05, 4.69) is 20.3 Å². The Hall–Kier alpha value is -2.02. The number of hydrogen-bond acceptors (Lipinski definition) is 5. The Morgan fingerprint density at radius 1 is 1.43 bits per heavy atom. The second-order valence-electron chi connectivity index (χ2n) is 5.82. The number of amides is 2. The number of nitrogens with one attached hydrogen (secondary N) is 1. The molecule has 0 bridgehead atoms. The van der Waals surface area contributed by atoms with E-state index in [4.69, 9.17) is 0 Å². The highest BCUT2D eigenvalue weighted by Gasteiger charge is 2.29. The van der Waals surface area contributed by atoms with Crippen molar-refractivity contribution in [1.82, 2.24) is 25.2 Å². The van der Waals surface area contributed by atoms with E-state index in [9.17, 15) is 4.79 Å². The number of hydrogen-bond donors (Lipinski definition) is 1. The van der Waals surface area contributed by atoms with Crippen molar-refractivity contribution < 1.29 is 4.79 Å². The molecule has 0 radical (unpaired) electrons. The minimum absolute atomic E-state index is 0.0785. The lowest BCUT2D eigenvalue weighted by molar-refractivity contribution is 0.184. The number of fused-ring (bicyclic) bond motifs is 1. The van der Waals surface area contributed by atoms with Crippen LogP contribution in [-0.4, -0.2) is 32.9 Å². The van der Waals surface area contributed by atoms with Gasteiger partial charge in [-0.3, -0.25) is 0 Å². The molecule has 0 aromatic carbocycles. The van der Waals surface area contributed by atoms with E-state index in [1.54, 1.807) is 22.4 Å². The molecule has 3 rings (SSSR count). The molecule has 1 aliphatic carbocycles. The van der Waals surface area contributed by atoms with E-state index in [-0.39, 0.29) is 12.1 Å². The summed E-state index contributed by atoms with van der Waals surface area (Å²) in [6, 6.07) is 1.86. The number of urea groups is 1. The van der Waals surface area contributed by atoms with Crippen LogP contribution >= 0.6 is 11.3 Å². The van der Waals surface area contributed by atoms with Gasteiger partial charge < -0.3 is 10.2 Å². The van der Waals surface area contributed by atoms with Crippen molar-refractivity contribution in [2.75, 3.05) is 7.05 Å². The van der Waals surface area contributed by atoms with Gasteiger partial charge in [-0.1, -0.05) is 0 Å². The van der Waals surface area contributed by atoms with Crippen molar-refractivity contribution in [2.24, 2.45) is 0 Å². The molecule has 23 heavy (non-hydrogen) atoms. The van der Waals surface area contributed by atoms with Crippen molar-refractivity contribution in [1.29, 1.82) is 0 Å². The summed E-state index contributed by atoms with van der Waals surface area (Å²) >= 11 is 1.71. The Kier molecular flexibility index (Phi) is 4.56. The molecule has 1 aliphatic rings. The Labute approximate surface area is 140 Å². The molecule has 122 valence electrons. The van der Waals surface area contributed by atoms with Gasteiger partial charge in [-0.25, -0.2) is 19.7 Å². The van der Waals surface area contributed by atoms with Crippen LogP contribution in [0.25, 0.3) is 0 Å². The highest BCUT2D eigenvalue weighted by Crippen LogP contribution is 2.37. The third kappa shape index (κ3) is 3.50. The predicted octanol–water partition coefficient (Wildman–Crippen LogP) is 2.77. The summed E-state index contributed by atoms with van der Waals surface area (Å²) in [5, 5.41) is 4.02. The molecule has 7 heteroatoms. The van der Waals surface area contributed by atoms with Crippen LogP contribution in [0.15, 0.2) is 12.3 Å². The molecule has 0 aliphatic heterocycles. The van der Waals surface area contributed by atoms with Crippen molar-refractivity contribution in [3.8, 4) is 0 Å². The lowest BCUT2D eigenvalue weighted by atomic mass is 9.97.